The molecule has 2 unspecified atom stereocenters. The molecule has 18 heavy (non-hydrogen) atoms. The van der Waals surface area contributed by atoms with E-state index in [4.69, 9.17) is 5.11 Å². The van der Waals surface area contributed by atoms with Gasteiger partial charge in [-0.3, -0.25) is 4.79 Å². The van der Waals surface area contributed by atoms with E-state index in [1.54, 1.807) is 12.1 Å². The van der Waals surface area contributed by atoms with Crippen molar-refractivity contribution in [2.75, 3.05) is 0 Å². The predicted molar refractivity (Wildman–Crippen MR) is 63.8 cm³/mol. The molecule has 94 valence electrons. The number of hydrogen-bond donors (Lipinski definition) is 2. The minimum atomic E-state index is -0.750. The molecule has 3 rings (SSSR count). The van der Waals surface area contributed by atoms with E-state index >= 15 is 0 Å². The van der Waals surface area contributed by atoms with Crippen LogP contribution in [0.15, 0.2) is 18.2 Å². The quantitative estimate of drug-likeness (QED) is 0.858. The van der Waals surface area contributed by atoms with Gasteiger partial charge in [0.25, 0.3) is 0 Å². The van der Waals surface area contributed by atoms with Crippen LogP contribution in [0.5, 0.6) is 0 Å². The molecule has 1 heterocycles. The van der Waals surface area contributed by atoms with Gasteiger partial charge in [-0.15, -0.1) is 0 Å². The SMILES string of the molecule is O=C(O)C1CCC(c2nc3c(F)cccc3[nH]2)C1. The molecule has 0 amide bonds. The number of halogens is 1. The zero-order chi connectivity index (χ0) is 12.7. The number of aliphatic carboxylic acids is 1. The number of imidazole rings is 1. The number of H-pyrrole nitrogens is 1. The Morgan fingerprint density at radius 1 is 1.44 bits per heavy atom. The van der Waals surface area contributed by atoms with Crippen molar-refractivity contribution in [2.45, 2.75) is 25.2 Å². The number of fused-ring (bicyclic) bond motifs is 1. The Hall–Kier alpha value is -1.91. The number of hydrogen-bond acceptors (Lipinski definition) is 2. The Kier molecular flexibility index (Phi) is 2.54. The minimum absolute atomic E-state index is 0.0953. The van der Waals surface area contributed by atoms with E-state index in [0.29, 0.717) is 29.7 Å². The fraction of sp³-hybridized carbons (Fsp3) is 0.385. The molecule has 2 aromatic rings. The first-order chi connectivity index (χ1) is 8.65. The van der Waals surface area contributed by atoms with Crippen LogP contribution in [-0.2, 0) is 4.79 Å². The molecule has 1 aromatic carbocycles. The third kappa shape index (κ3) is 1.75. The van der Waals surface area contributed by atoms with Gasteiger partial charge in [0.2, 0.25) is 0 Å². The molecule has 0 spiro atoms. The van der Waals surface area contributed by atoms with Crippen molar-refractivity contribution in [3.63, 3.8) is 0 Å². The molecule has 1 aliphatic carbocycles. The largest absolute Gasteiger partial charge is 0.481 e. The van der Waals surface area contributed by atoms with E-state index < -0.39 is 5.97 Å². The lowest BCUT2D eigenvalue weighted by molar-refractivity contribution is -0.141. The van der Waals surface area contributed by atoms with Crippen molar-refractivity contribution < 1.29 is 14.3 Å². The van der Waals surface area contributed by atoms with Crippen LogP contribution in [0.3, 0.4) is 0 Å². The van der Waals surface area contributed by atoms with Crippen molar-refractivity contribution in [3.8, 4) is 0 Å². The molecule has 0 radical (unpaired) electrons. The van der Waals surface area contributed by atoms with Crippen LogP contribution in [0.25, 0.3) is 11.0 Å². The number of rotatable bonds is 2. The number of para-hydroxylation sites is 1. The Bertz CT molecular complexity index is 608. The number of aromatic nitrogens is 2. The summed E-state index contributed by atoms with van der Waals surface area (Å²) in [5, 5.41) is 8.97. The molecule has 2 N–H and O–H groups in total. The normalized spacial score (nSPS) is 23.6. The van der Waals surface area contributed by atoms with Crippen LogP contribution >= 0.6 is 0 Å². The van der Waals surface area contributed by atoms with Gasteiger partial charge in [0.05, 0.1) is 11.4 Å². The van der Waals surface area contributed by atoms with Crippen molar-refractivity contribution in [1.29, 1.82) is 0 Å². The number of carboxylic acids is 1. The van der Waals surface area contributed by atoms with Gasteiger partial charge in [-0.05, 0) is 31.4 Å². The van der Waals surface area contributed by atoms with Crippen LogP contribution in [0.4, 0.5) is 4.39 Å². The fourth-order valence-electron chi connectivity index (χ4n) is 2.66. The lowest BCUT2D eigenvalue weighted by atomic mass is 10.0. The van der Waals surface area contributed by atoms with E-state index in [1.807, 2.05) is 0 Å². The molecule has 1 aromatic heterocycles. The van der Waals surface area contributed by atoms with Gasteiger partial charge >= 0.3 is 5.97 Å². The smallest absolute Gasteiger partial charge is 0.306 e. The number of benzene rings is 1. The molecule has 0 bridgehead atoms. The van der Waals surface area contributed by atoms with E-state index in [1.165, 1.54) is 6.07 Å². The summed E-state index contributed by atoms with van der Waals surface area (Å²) in [5.41, 5.74) is 1.01. The Labute approximate surface area is 103 Å². The van der Waals surface area contributed by atoms with Gasteiger partial charge in [0.15, 0.2) is 5.82 Å². The highest BCUT2D eigenvalue weighted by molar-refractivity contribution is 5.76. The third-order valence-corrected chi connectivity index (χ3v) is 3.65. The van der Waals surface area contributed by atoms with Crippen LogP contribution in [0, 0.1) is 11.7 Å². The Balaban J connectivity index is 1.92. The van der Waals surface area contributed by atoms with Gasteiger partial charge in [0, 0.05) is 5.92 Å². The first kappa shape index (κ1) is 11.2. The first-order valence-electron chi connectivity index (χ1n) is 6.02. The number of aromatic amines is 1. The first-order valence-corrected chi connectivity index (χ1v) is 6.02. The summed E-state index contributed by atoms with van der Waals surface area (Å²) < 4.78 is 13.5. The standard InChI is InChI=1S/C13H13FN2O2/c14-9-2-1-3-10-11(9)16-12(15-10)7-4-5-8(6-7)13(17)18/h1-3,7-8H,4-6H2,(H,15,16)(H,17,18). The Morgan fingerprint density at radius 3 is 2.94 bits per heavy atom. The lowest BCUT2D eigenvalue weighted by Crippen LogP contribution is -2.09. The average molecular weight is 248 g/mol. The molecular weight excluding hydrogens is 235 g/mol. The highest BCUT2D eigenvalue weighted by Gasteiger charge is 2.32. The van der Waals surface area contributed by atoms with Gasteiger partial charge < -0.3 is 10.1 Å². The van der Waals surface area contributed by atoms with Crippen LogP contribution in [0.1, 0.15) is 31.0 Å². The van der Waals surface area contributed by atoms with Crippen LogP contribution in [0.2, 0.25) is 0 Å². The number of nitrogens with one attached hydrogen (secondary N) is 1. The molecule has 1 saturated carbocycles. The third-order valence-electron chi connectivity index (χ3n) is 3.65. The highest BCUT2D eigenvalue weighted by Crippen LogP contribution is 2.37. The second-order valence-electron chi connectivity index (χ2n) is 4.80. The van der Waals surface area contributed by atoms with E-state index in [9.17, 15) is 9.18 Å². The molecule has 0 saturated heterocycles. The zero-order valence-corrected chi connectivity index (χ0v) is 9.69. The summed E-state index contributed by atoms with van der Waals surface area (Å²) in [4.78, 5) is 18.3. The van der Waals surface area contributed by atoms with Gasteiger partial charge in [-0.1, -0.05) is 6.07 Å². The monoisotopic (exact) mass is 248 g/mol. The maximum Gasteiger partial charge on any atom is 0.306 e. The Morgan fingerprint density at radius 2 is 2.28 bits per heavy atom. The highest BCUT2D eigenvalue weighted by atomic mass is 19.1. The summed E-state index contributed by atoms with van der Waals surface area (Å²) >= 11 is 0. The summed E-state index contributed by atoms with van der Waals surface area (Å²) in [6.07, 6.45) is 2.04. The fourth-order valence-corrected chi connectivity index (χ4v) is 2.66. The maximum atomic E-state index is 13.5. The van der Waals surface area contributed by atoms with Gasteiger partial charge in [-0.2, -0.15) is 0 Å². The van der Waals surface area contributed by atoms with E-state index in [-0.39, 0.29) is 17.7 Å². The number of nitrogens with zero attached hydrogens (tertiary/aromatic N) is 1. The number of carboxylic acid groups (broad SMARTS) is 1. The molecule has 5 heteroatoms. The van der Waals surface area contributed by atoms with Gasteiger partial charge in [0.1, 0.15) is 11.3 Å². The topological polar surface area (TPSA) is 66.0 Å². The molecule has 2 atom stereocenters. The second kappa shape index (κ2) is 4.08. The molecule has 4 nitrogen and oxygen atoms in total. The lowest BCUT2D eigenvalue weighted by Gasteiger charge is -2.04. The number of carbonyl (C=O) groups is 1. The predicted octanol–water partition coefficient (Wildman–Crippen LogP) is 2.67. The van der Waals surface area contributed by atoms with Crippen molar-refractivity contribution >= 4 is 17.0 Å². The molecular formula is C13H13FN2O2. The van der Waals surface area contributed by atoms with E-state index in [0.717, 1.165) is 6.42 Å². The van der Waals surface area contributed by atoms with Crippen LogP contribution < -0.4 is 0 Å². The molecule has 0 aliphatic heterocycles. The second-order valence-corrected chi connectivity index (χ2v) is 4.80. The summed E-state index contributed by atoms with van der Waals surface area (Å²) in [7, 11) is 0. The summed E-state index contributed by atoms with van der Waals surface area (Å²) in [6.45, 7) is 0. The minimum Gasteiger partial charge on any atom is -0.481 e. The maximum absolute atomic E-state index is 13.5. The zero-order valence-electron chi connectivity index (χ0n) is 9.69. The van der Waals surface area contributed by atoms with Gasteiger partial charge in [-0.25, -0.2) is 9.37 Å². The van der Waals surface area contributed by atoms with Crippen LogP contribution in [-0.4, -0.2) is 21.0 Å². The summed E-state index contributed by atoms with van der Waals surface area (Å²) in [6, 6.07) is 4.79. The summed E-state index contributed by atoms with van der Waals surface area (Å²) in [5.74, 6) is -0.590. The van der Waals surface area contributed by atoms with Crippen molar-refractivity contribution in [2.24, 2.45) is 5.92 Å². The van der Waals surface area contributed by atoms with Crippen molar-refractivity contribution in [1.82, 2.24) is 9.97 Å². The van der Waals surface area contributed by atoms with E-state index in [2.05, 4.69) is 9.97 Å². The molecule has 1 aliphatic rings. The average Bonchev–Trinajstić information content (AvgIpc) is 2.95. The molecule has 1 fully saturated rings. The van der Waals surface area contributed by atoms with Crippen molar-refractivity contribution in [3.05, 3.63) is 29.8 Å².